The van der Waals surface area contributed by atoms with Crippen LogP contribution in [0.3, 0.4) is 0 Å². The Morgan fingerprint density at radius 1 is 0.700 bits per heavy atom. The molecule has 3 N–H and O–H groups in total. The lowest BCUT2D eigenvalue weighted by atomic mass is 10.2. The van der Waals surface area contributed by atoms with Crippen molar-refractivity contribution in [2.24, 2.45) is 0 Å². The Hall–Kier alpha value is -4.07. The molecule has 0 aromatic heterocycles. The van der Waals surface area contributed by atoms with Gasteiger partial charge in [-0.05, 0) is 48.5 Å². The van der Waals surface area contributed by atoms with Gasteiger partial charge in [0.05, 0.1) is 0 Å². The number of para-hydroxylation sites is 2. The fourth-order valence-corrected chi connectivity index (χ4v) is 2.39. The molecule has 0 radical (unpaired) electrons. The average molecular weight is 409 g/mol. The number of halogens is 1. The molecule has 2 amide bonds. The van der Waals surface area contributed by atoms with Crippen molar-refractivity contribution in [1.82, 2.24) is 10.9 Å². The monoisotopic (exact) mass is 409 g/mol. The number of carbonyl (C=O) groups is 2. The zero-order valence-corrected chi connectivity index (χ0v) is 15.9. The van der Waals surface area contributed by atoms with E-state index < -0.39 is 24.2 Å². The van der Waals surface area contributed by atoms with Crippen molar-refractivity contribution in [2.45, 2.75) is 0 Å². The Balaban J connectivity index is 1.36. The predicted molar refractivity (Wildman–Crippen MR) is 110 cm³/mol. The maximum Gasteiger partial charge on any atom is 0.276 e. The van der Waals surface area contributed by atoms with E-state index in [9.17, 15) is 14.0 Å². The van der Waals surface area contributed by atoms with Crippen molar-refractivity contribution < 1.29 is 23.5 Å². The van der Waals surface area contributed by atoms with Crippen molar-refractivity contribution >= 4 is 23.2 Å². The van der Waals surface area contributed by atoms with E-state index in [1.807, 2.05) is 42.5 Å². The first-order chi connectivity index (χ1) is 14.6. The summed E-state index contributed by atoms with van der Waals surface area (Å²) in [5.74, 6) is -1.32. The van der Waals surface area contributed by atoms with Crippen molar-refractivity contribution in [3.8, 4) is 11.5 Å². The molecule has 8 heteroatoms. The van der Waals surface area contributed by atoms with Crippen LogP contribution in [-0.4, -0.2) is 25.0 Å². The number of benzene rings is 3. The van der Waals surface area contributed by atoms with Gasteiger partial charge in [0.2, 0.25) is 0 Å². The number of rotatable bonds is 8. The van der Waals surface area contributed by atoms with Crippen molar-refractivity contribution in [3.63, 3.8) is 0 Å². The normalized spacial score (nSPS) is 10.0. The lowest BCUT2D eigenvalue weighted by Crippen LogP contribution is -2.45. The summed E-state index contributed by atoms with van der Waals surface area (Å²) in [5.41, 5.74) is 6.20. The van der Waals surface area contributed by atoms with Gasteiger partial charge < -0.3 is 14.8 Å². The van der Waals surface area contributed by atoms with E-state index in [1.165, 1.54) is 18.2 Å². The van der Waals surface area contributed by atoms with E-state index in [0.717, 1.165) is 11.4 Å². The van der Waals surface area contributed by atoms with Crippen LogP contribution in [0, 0.1) is 5.82 Å². The summed E-state index contributed by atoms with van der Waals surface area (Å²) in [5, 5.41) is 3.24. The van der Waals surface area contributed by atoms with Gasteiger partial charge in [-0.25, -0.2) is 4.39 Å². The fraction of sp³-hybridized carbons (Fsp3) is 0.0909. The number of ether oxygens (including phenoxy) is 2. The Morgan fingerprint density at radius 2 is 1.27 bits per heavy atom. The van der Waals surface area contributed by atoms with Gasteiger partial charge in [0.25, 0.3) is 11.8 Å². The third-order valence-electron chi connectivity index (χ3n) is 3.82. The smallest absolute Gasteiger partial charge is 0.276 e. The van der Waals surface area contributed by atoms with Crippen LogP contribution in [0.4, 0.5) is 15.8 Å². The molecule has 0 unspecified atom stereocenters. The molecule has 0 aliphatic carbocycles. The van der Waals surface area contributed by atoms with Gasteiger partial charge in [-0.3, -0.25) is 20.4 Å². The molecule has 3 rings (SSSR count). The van der Waals surface area contributed by atoms with E-state index in [0.29, 0.717) is 5.75 Å². The fourth-order valence-electron chi connectivity index (χ4n) is 2.39. The number of hydrogen-bond donors (Lipinski definition) is 3. The molecule has 0 aliphatic heterocycles. The first-order valence-corrected chi connectivity index (χ1v) is 9.10. The van der Waals surface area contributed by atoms with Gasteiger partial charge in [-0.1, -0.05) is 30.3 Å². The molecule has 0 atom stereocenters. The Labute approximate surface area is 172 Å². The molecular weight excluding hydrogens is 389 g/mol. The topological polar surface area (TPSA) is 88.7 Å². The number of amides is 2. The molecule has 3 aromatic carbocycles. The molecule has 0 fully saturated rings. The second-order valence-electron chi connectivity index (χ2n) is 6.12. The van der Waals surface area contributed by atoms with Crippen LogP contribution in [0.1, 0.15) is 0 Å². The number of nitrogens with one attached hydrogen (secondary N) is 3. The Bertz CT molecular complexity index is 981. The van der Waals surface area contributed by atoms with Crippen molar-refractivity contribution in [1.29, 1.82) is 0 Å². The SMILES string of the molecule is O=C(COc1ccc(Nc2ccccc2)cc1)NNC(=O)COc1ccccc1F. The Morgan fingerprint density at radius 3 is 1.93 bits per heavy atom. The second-order valence-corrected chi connectivity index (χ2v) is 6.12. The van der Waals surface area contributed by atoms with Gasteiger partial charge in [0, 0.05) is 11.4 Å². The quantitative estimate of drug-likeness (QED) is 0.498. The highest BCUT2D eigenvalue weighted by Crippen LogP contribution is 2.19. The first-order valence-electron chi connectivity index (χ1n) is 9.10. The van der Waals surface area contributed by atoms with Crippen LogP contribution < -0.4 is 25.6 Å². The zero-order chi connectivity index (χ0) is 21.2. The highest BCUT2D eigenvalue weighted by Gasteiger charge is 2.08. The number of carbonyl (C=O) groups excluding carboxylic acids is 2. The standard InChI is InChI=1S/C22H20FN3O4/c23-19-8-4-5-9-20(19)30-15-22(28)26-25-21(27)14-29-18-12-10-17(11-13-18)24-16-6-2-1-3-7-16/h1-13,24H,14-15H2,(H,25,27)(H,26,28). The maximum absolute atomic E-state index is 13.4. The molecular formula is C22H20FN3O4. The predicted octanol–water partition coefficient (Wildman–Crippen LogP) is 3.17. The molecule has 0 heterocycles. The zero-order valence-electron chi connectivity index (χ0n) is 15.9. The summed E-state index contributed by atoms with van der Waals surface area (Å²) in [6.07, 6.45) is 0. The minimum atomic E-state index is -0.636. The lowest BCUT2D eigenvalue weighted by molar-refractivity contribution is -0.131. The largest absolute Gasteiger partial charge is 0.484 e. The van der Waals surface area contributed by atoms with Crippen molar-refractivity contribution in [3.05, 3.63) is 84.7 Å². The summed E-state index contributed by atoms with van der Waals surface area (Å²) in [6, 6.07) is 22.5. The van der Waals surface area contributed by atoms with E-state index in [2.05, 4.69) is 16.2 Å². The van der Waals surface area contributed by atoms with Crippen LogP contribution >= 0.6 is 0 Å². The highest BCUT2D eigenvalue weighted by molar-refractivity contribution is 5.83. The molecule has 0 bridgehead atoms. The van der Waals surface area contributed by atoms with Crippen LogP contribution in [-0.2, 0) is 9.59 Å². The molecule has 0 aliphatic rings. The molecule has 154 valence electrons. The van der Waals surface area contributed by atoms with E-state index >= 15 is 0 Å². The molecule has 0 saturated heterocycles. The van der Waals surface area contributed by atoms with Gasteiger partial charge in [0.1, 0.15) is 5.75 Å². The second kappa shape index (κ2) is 10.5. The first kappa shape index (κ1) is 20.7. The van der Waals surface area contributed by atoms with Crippen LogP contribution in [0.2, 0.25) is 0 Å². The minimum Gasteiger partial charge on any atom is -0.484 e. The minimum absolute atomic E-state index is 0.0486. The maximum atomic E-state index is 13.4. The lowest BCUT2D eigenvalue weighted by Gasteiger charge is -2.11. The van der Waals surface area contributed by atoms with Gasteiger partial charge >= 0.3 is 0 Å². The van der Waals surface area contributed by atoms with Crippen molar-refractivity contribution in [2.75, 3.05) is 18.5 Å². The summed E-state index contributed by atoms with van der Waals surface area (Å²) in [7, 11) is 0. The third kappa shape index (κ3) is 6.52. The van der Waals surface area contributed by atoms with E-state index in [-0.39, 0.29) is 12.4 Å². The molecule has 3 aromatic rings. The van der Waals surface area contributed by atoms with Gasteiger partial charge in [-0.15, -0.1) is 0 Å². The molecule has 30 heavy (non-hydrogen) atoms. The number of hydrazine groups is 1. The molecule has 0 saturated carbocycles. The number of hydrogen-bond acceptors (Lipinski definition) is 5. The summed E-state index contributed by atoms with van der Waals surface area (Å²) < 4.78 is 23.8. The molecule has 0 spiro atoms. The van der Waals surface area contributed by atoms with Gasteiger partial charge in [-0.2, -0.15) is 0 Å². The van der Waals surface area contributed by atoms with Crippen LogP contribution in [0.5, 0.6) is 11.5 Å². The number of anilines is 2. The van der Waals surface area contributed by atoms with Crippen LogP contribution in [0.25, 0.3) is 0 Å². The molecule has 7 nitrogen and oxygen atoms in total. The average Bonchev–Trinajstić information content (AvgIpc) is 2.77. The highest BCUT2D eigenvalue weighted by atomic mass is 19.1. The van der Waals surface area contributed by atoms with Gasteiger partial charge in [0.15, 0.2) is 24.8 Å². The Kier molecular flexibility index (Phi) is 7.21. The summed E-state index contributed by atoms with van der Waals surface area (Å²) in [4.78, 5) is 23.5. The third-order valence-corrected chi connectivity index (χ3v) is 3.82. The summed E-state index contributed by atoms with van der Waals surface area (Å²) in [6.45, 7) is -0.738. The summed E-state index contributed by atoms with van der Waals surface area (Å²) >= 11 is 0. The van der Waals surface area contributed by atoms with Crippen LogP contribution in [0.15, 0.2) is 78.9 Å². The van der Waals surface area contributed by atoms with E-state index in [4.69, 9.17) is 9.47 Å². The van der Waals surface area contributed by atoms with E-state index in [1.54, 1.807) is 18.2 Å².